The number of aromatic nitrogens is 2. The zero-order valence-corrected chi connectivity index (χ0v) is 28.8. The van der Waals surface area contributed by atoms with Gasteiger partial charge >= 0.3 is 5.97 Å². The summed E-state index contributed by atoms with van der Waals surface area (Å²) in [4.78, 5) is 29.7. The van der Waals surface area contributed by atoms with Crippen LogP contribution in [0.5, 0.6) is 0 Å². The molecule has 0 spiro atoms. The summed E-state index contributed by atoms with van der Waals surface area (Å²) in [5.41, 5.74) is 3.50. The van der Waals surface area contributed by atoms with Gasteiger partial charge in [0.2, 0.25) is 5.91 Å². The van der Waals surface area contributed by atoms with Crippen molar-refractivity contribution in [2.45, 2.75) is 112 Å². The Labute approximate surface area is 275 Å². The molecule has 1 amide bonds. The van der Waals surface area contributed by atoms with Crippen LogP contribution in [0.25, 0.3) is 5.57 Å². The second-order valence-electron chi connectivity index (χ2n) is 17.2. The first kappa shape index (κ1) is 31.7. The predicted molar refractivity (Wildman–Crippen MR) is 182 cm³/mol. The molecule has 6 heteroatoms. The standard InChI is InChI=1S/C40H55N3O3/c1-36(2)29(27-9-11-28(12-10-27)34(44)45)15-18-37(3)32(36)16-19-39(5)33(37)14-13-30-31-8-6-17-40(31,21-20-38(30,39)4)35(46)42-22-7-24-43-25-23-41-26-43/h9-12,15,23,25-26,30-33H,6-8,13-14,16-22,24H2,1-5H3,(H,42,46)(H,44,45)/t30-,31-,32+,33-,37+,38-,39-,40+/m1/s1. The Kier molecular flexibility index (Phi) is 7.64. The number of imidazole rings is 1. The maximum Gasteiger partial charge on any atom is 0.335 e. The molecular formula is C40H55N3O3. The number of carboxylic acids is 1. The molecule has 0 saturated heterocycles. The molecule has 0 unspecified atom stereocenters. The minimum absolute atomic E-state index is 0.0138. The van der Waals surface area contributed by atoms with Crippen LogP contribution < -0.4 is 5.32 Å². The molecule has 8 atom stereocenters. The smallest absolute Gasteiger partial charge is 0.335 e. The monoisotopic (exact) mass is 625 g/mol. The van der Waals surface area contributed by atoms with E-state index in [4.69, 9.17) is 0 Å². The second kappa shape index (κ2) is 11.1. The van der Waals surface area contributed by atoms with E-state index in [1.165, 1.54) is 56.1 Å². The summed E-state index contributed by atoms with van der Waals surface area (Å²) in [6.07, 6.45) is 20.9. The van der Waals surface area contributed by atoms with Gasteiger partial charge in [0.1, 0.15) is 0 Å². The summed E-state index contributed by atoms with van der Waals surface area (Å²) in [6, 6.07) is 7.56. The highest BCUT2D eigenvalue weighted by molar-refractivity contribution is 5.88. The molecule has 0 aliphatic heterocycles. The van der Waals surface area contributed by atoms with Crippen molar-refractivity contribution in [3.8, 4) is 0 Å². The van der Waals surface area contributed by atoms with Crippen molar-refractivity contribution in [2.75, 3.05) is 6.54 Å². The molecule has 0 radical (unpaired) electrons. The van der Waals surface area contributed by atoms with Gasteiger partial charge in [-0.05, 0) is 133 Å². The Bertz CT molecular complexity index is 1510. The van der Waals surface area contributed by atoms with E-state index in [-0.39, 0.29) is 27.1 Å². The highest BCUT2D eigenvalue weighted by Gasteiger charge is 2.70. The molecule has 248 valence electrons. The number of nitrogens with one attached hydrogen (secondary N) is 1. The lowest BCUT2D eigenvalue weighted by atomic mass is 9.32. The van der Waals surface area contributed by atoms with Crippen LogP contribution >= 0.6 is 0 Å². The Hall–Kier alpha value is -2.89. The van der Waals surface area contributed by atoms with Crippen molar-refractivity contribution in [2.24, 2.45) is 50.7 Å². The number of aryl methyl sites for hydroxylation is 1. The van der Waals surface area contributed by atoms with E-state index < -0.39 is 5.97 Å². The summed E-state index contributed by atoms with van der Waals surface area (Å²) in [6.45, 7) is 14.5. The normalized spacial score (nSPS) is 39.3. The van der Waals surface area contributed by atoms with Crippen LogP contribution in [0.15, 0.2) is 49.1 Å². The topological polar surface area (TPSA) is 84.2 Å². The van der Waals surface area contributed by atoms with E-state index in [0.29, 0.717) is 35.1 Å². The van der Waals surface area contributed by atoms with Crippen LogP contribution in [-0.4, -0.2) is 33.1 Å². The molecule has 0 bridgehead atoms. The van der Waals surface area contributed by atoms with Gasteiger partial charge in [0.15, 0.2) is 0 Å². The van der Waals surface area contributed by atoms with Gasteiger partial charge in [-0.3, -0.25) is 4.79 Å². The molecule has 4 saturated carbocycles. The molecule has 5 aliphatic rings. The van der Waals surface area contributed by atoms with Crippen LogP contribution in [0.1, 0.15) is 121 Å². The van der Waals surface area contributed by atoms with E-state index in [9.17, 15) is 14.7 Å². The summed E-state index contributed by atoms with van der Waals surface area (Å²) in [7, 11) is 0. The predicted octanol–water partition coefficient (Wildman–Crippen LogP) is 8.64. The van der Waals surface area contributed by atoms with Crippen molar-refractivity contribution in [1.82, 2.24) is 14.9 Å². The number of rotatable bonds is 7. The molecule has 46 heavy (non-hydrogen) atoms. The molecule has 2 N–H and O–H groups in total. The third-order valence-electron chi connectivity index (χ3n) is 15.3. The summed E-state index contributed by atoms with van der Waals surface area (Å²) in [5.74, 6) is 1.85. The Morgan fingerprint density at radius 1 is 0.913 bits per heavy atom. The van der Waals surface area contributed by atoms with Gasteiger partial charge in [0.25, 0.3) is 0 Å². The molecule has 4 fully saturated rings. The number of amides is 1. The largest absolute Gasteiger partial charge is 0.478 e. The summed E-state index contributed by atoms with van der Waals surface area (Å²) in [5, 5.41) is 12.9. The van der Waals surface area contributed by atoms with Crippen LogP contribution in [0.4, 0.5) is 0 Å². The first-order valence-corrected chi connectivity index (χ1v) is 18.2. The Morgan fingerprint density at radius 2 is 1.70 bits per heavy atom. The van der Waals surface area contributed by atoms with Gasteiger partial charge < -0.3 is 15.0 Å². The van der Waals surface area contributed by atoms with Gasteiger partial charge in [-0.2, -0.15) is 0 Å². The number of carbonyl (C=O) groups is 2. The SMILES string of the molecule is CC1(C)C(c2ccc(C(=O)O)cc2)=CC[C@]2(C)[C@H]3CC[C@@H]4[C@H]5CCC[C@]5(C(=O)NCCCn5ccnc5)CC[C@@]4(C)[C@]3(C)CC[C@@H]12. The highest BCUT2D eigenvalue weighted by Crippen LogP contribution is 2.77. The second-order valence-corrected chi connectivity index (χ2v) is 17.2. The third-order valence-corrected chi connectivity index (χ3v) is 15.3. The van der Waals surface area contributed by atoms with Crippen molar-refractivity contribution >= 4 is 17.4 Å². The van der Waals surface area contributed by atoms with Gasteiger partial charge in [-0.15, -0.1) is 0 Å². The molecule has 5 aliphatic carbocycles. The molecule has 2 aromatic rings. The minimum atomic E-state index is -0.869. The lowest BCUT2D eigenvalue weighted by Gasteiger charge is -2.72. The molecular weight excluding hydrogens is 570 g/mol. The fourth-order valence-electron chi connectivity index (χ4n) is 12.9. The quantitative estimate of drug-likeness (QED) is 0.302. The van der Waals surface area contributed by atoms with Gasteiger partial charge in [-0.1, -0.05) is 59.2 Å². The van der Waals surface area contributed by atoms with Gasteiger partial charge in [-0.25, -0.2) is 9.78 Å². The lowest BCUT2D eigenvalue weighted by molar-refractivity contribution is -0.222. The number of hydrogen-bond donors (Lipinski definition) is 2. The first-order chi connectivity index (χ1) is 21.9. The Morgan fingerprint density at radius 3 is 2.41 bits per heavy atom. The number of allylic oxidation sites excluding steroid dienone is 2. The highest BCUT2D eigenvalue weighted by atomic mass is 16.4. The molecule has 7 rings (SSSR count). The molecule has 1 aromatic carbocycles. The van der Waals surface area contributed by atoms with E-state index in [1.54, 1.807) is 12.1 Å². The number of fused-ring (bicyclic) bond motifs is 7. The lowest BCUT2D eigenvalue weighted by Crippen LogP contribution is -2.65. The number of benzene rings is 1. The van der Waals surface area contributed by atoms with E-state index in [1.807, 2.05) is 30.9 Å². The summed E-state index contributed by atoms with van der Waals surface area (Å²) >= 11 is 0. The van der Waals surface area contributed by atoms with E-state index in [0.717, 1.165) is 38.8 Å². The summed E-state index contributed by atoms with van der Waals surface area (Å²) < 4.78 is 2.09. The first-order valence-electron chi connectivity index (χ1n) is 18.2. The number of carbonyl (C=O) groups excluding carboxylic acids is 1. The maximum absolute atomic E-state index is 14.0. The van der Waals surface area contributed by atoms with E-state index >= 15 is 0 Å². The zero-order valence-electron chi connectivity index (χ0n) is 28.8. The maximum atomic E-state index is 14.0. The number of carboxylic acid groups (broad SMARTS) is 1. The average Bonchev–Trinajstić information content (AvgIpc) is 3.70. The van der Waals surface area contributed by atoms with Crippen molar-refractivity contribution < 1.29 is 14.7 Å². The zero-order chi connectivity index (χ0) is 32.5. The van der Waals surface area contributed by atoms with Crippen LogP contribution in [0.2, 0.25) is 0 Å². The third kappa shape index (κ3) is 4.51. The van der Waals surface area contributed by atoms with Gasteiger partial charge in [0.05, 0.1) is 17.3 Å². The average molecular weight is 626 g/mol. The van der Waals surface area contributed by atoms with E-state index in [2.05, 4.69) is 55.6 Å². The van der Waals surface area contributed by atoms with Crippen molar-refractivity contribution in [3.63, 3.8) is 0 Å². The number of aromatic carboxylic acids is 1. The van der Waals surface area contributed by atoms with Gasteiger partial charge in [0, 0.05) is 25.5 Å². The Balaban J connectivity index is 1.12. The molecule has 1 aromatic heterocycles. The van der Waals surface area contributed by atoms with Crippen molar-refractivity contribution in [1.29, 1.82) is 0 Å². The molecule has 6 nitrogen and oxygen atoms in total. The fraction of sp³-hybridized carbons (Fsp3) is 0.675. The number of hydrogen-bond acceptors (Lipinski definition) is 3. The minimum Gasteiger partial charge on any atom is -0.478 e. The fourth-order valence-corrected chi connectivity index (χ4v) is 12.9. The van der Waals surface area contributed by atoms with Crippen LogP contribution in [0.3, 0.4) is 0 Å². The van der Waals surface area contributed by atoms with Crippen LogP contribution in [0, 0.1) is 50.7 Å². The van der Waals surface area contributed by atoms with Crippen molar-refractivity contribution in [3.05, 3.63) is 60.2 Å². The number of nitrogens with zero attached hydrogens (tertiary/aromatic N) is 2. The molecule has 1 heterocycles. The van der Waals surface area contributed by atoms with Crippen LogP contribution in [-0.2, 0) is 11.3 Å².